The quantitative estimate of drug-likeness (QED) is 0.888. The van der Waals surface area contributed by atoms with E-state index in [4.69, 9.17) is 22.1 Å². The van der Waals surface area contributed by atoms with Crippen LogP contribution in [0.3, 0.4) is 0 Å². The standard InChI is InChI=1S/C14H19ClN2O2/c1-14(2,16)8-17-13(18)10-5-9-6-11(15)3-4-12(9)19-7-10/h3-4,6,10H,5,7-8,16H2,1-2H3,(H,17,18). The van der Waals surface area contributed by atoms with E-state index in [9.17, 15) is 4.79 Å². The van der Waals surface area contributed by atoms with Crippen LogP contribution in [-0.4, -0.2) is 24.6 Å². The summed E-state index contributed by atoms with van der Waals surface area (Å²) in [6, 6.07) is 5.48. The second-order valence-electron chi connectivity index (χ2n) is 5.67. The van der Waals surface area contributed by atoms with Gasteiger partial charge in [-0.2, -0.15) is 0 Å². The average Bonchev–Trinajstić information content (AvgIpc) is 2.34. The highest BCUT2D eigenvalue weighted by Crippen LogP contribution is 2.29. The Hall–Kier alpha value is -1.26. The fourth-order valence-electron chi connectivity index (χ4n) is 1.99. The summed E-state index contributed by atoms with van der Waals surface area (Å²) in [4.78, 5) is 12.1. The molecule has 2 rings (SSSR count). The van der Waals surface area contributed by atoms with Gasteiger partial charge in [0.15, 0.2) is 0 Å². The minimum Gasteiger partial charge on any atom is -0.492 e. The van der Waals surface area contributed by atoms with E-state index in [0.29, 0.717) is 24.6 Å². The van der Waals surface area contributed by atoms with Crippen molar-refractivity contribution in [1.82, 2.24) is 5.32 Å². The number of hydrogen-bond donors (Lipinski definition) is 2. The summed E-state index contributed by atoms with van der Waals surface area (Å²) in [6.07, 6.45) is 0.646. The van der Waals surface area contributed by atoms with E-state index < -0.39 is 5.54 Å². The van der Waals surface area contributed by atoms with Gasteiger partial charge in [0, 0.05) is 17.1 Å². The molecule has 19 heavy (non-hydrogen) atoms. The summed E-state index contributed by atoms with van der Waals surface area (Å²) in [5.41, 5.74) is 6.41. The first-order valence-electron chi connectivity index (χ1n) is 6.33. The second kappa shape index (κ2) is 5.39. The summed E-state index contributed by atoms with van der Waals surface area (Å²) >= 11 is 5.95. The fourth-order valence-corrected chi connectivity index (χ4v) is 2.19. The molecule has 1 aromatic carbocycles. The zero-order valence-corrected chi connectivity index (χ0v) is 12.0. The second-order valence-corrected chi connectivity index (χ2v) is 6.11. The maximum Gasteiger partial charge on any atom is 0.226 e. The maximum atomic E-state index is 12.1. The number of nitrogens with one attached hydrogen (secondary N) is 1. The van der Waals surface area contributed by atoms with Gasteiger partial charge in [-0.1, -0.05) is 11.6 Å². The minimum absolute atomic E-state index is 0.0239. The SMILES string of the molecule is CC(C)(N)CNC(=O)C1COc2ccc(Cl)cc2C1. The van der Waals surface area contributed by atoms with Gasteiger partial charge in [-0.05, 0) is 44.0 Å². The van der Waals surface area contributed by atoms with E-state index in [1.54, 1.807) is 6.07 Å². The van der Waals surface area contributed by atoms with Gasteiger partial charge in [-0.15, -0.1) is 0 Å². The predicted molar refractivity (Wildman–Crippen MR) is 75.4 cm³/mol. The molecule has 0 saturated carbocycles. The molecule has 1 aliphatic rings. The summed E-state index contributed by atoms with van der Waals surface area (Å²) in [6.45, 7) is 4.59. The predicted octanol–water partition coefficient (Wildman–Crippen LogP) is 1.74. The maximum absolute atomic E-state index is 12.1. The van der Waals surface area contributed by atoms with Gasteiger partial charge in [0.2, 0.25) is 5.91 Å². The number of fused-ring (bicyclic) bond motifs is 1. The molecule has 3 N–H and O–H groups in total. The van der Waals surface area contributed by atoms with Gasteiger partial charge in [0.25, 0.3) is 0 Å². The molecular weight excluding hydrogens is 264 g/mol. The number of ether oxygens (including phenoxy) is 1. The van der Waals surface area contributed by atoms with Crippen LogP contribution in [0, 0.1) is 5.92 Å². The molecular formula is C14H19ClN2O2. The first-order valence-corrected chi connectivity index (χ1v) is 6.71. The van der Waals surface area contributed by atoms with Crippen LogP contribution in [0.5, 0.6) is 5.75 Å². The van der Waals surface area contributed by atoms with Crippen LogP contribution in [0.4, 0.5) is 0 Å². The van der Waals surface area contributed by atoms with Gasteiger partial charge in [0.1, 0.15) is 12.4 Å². The monoisotopic (exact) mass is 282 g/mol. The highest BCUT2D eigenvalue weighted by atomic mass is 35.5. The lowest BCUT2D eigenvalue weighted by atomic mass is 9.95. The molecule has 0 aliphatic carbocycles. The van der Waals surface area contributed by atoms with Gasteiger partial charge in [-0.3, -0.25) is 4.79 Å². The van der Waals surface area contributed by atoms with Crippen molar-refractivity contribution in [2.75, 3.05) is 13.2 Å². The first-order chi connectivity index (χ1) is 8.85. The number of carbonyl (C=O) groups is 1. The topological polar surface area (TPSA) is 64.3 Å². The molecule has 1 aromatic rings. The van der Waals surface area contributed by atoms with Gasteiger partial charge in [0.05, 0.1) is 5.92 Å². The van der Waals surface area contributed by atoms with E-state index >= 15 is 0 Å². The Bertz CT molecular complexity index is 483. The Morgan fingerprint density at radius 3 is 3.00 bits per heavy atom. The lowest BCUT2D eigenvalue weighted by Crippen LogP contribution is -2.48. The van der Waals surface area contributed by atoms with Crippen LogP contribution in [-0.2, 0) is 11.2 Å². The van der Waals surface area contributed by atoms with Gasteiger partial charge < -0.3 is 15.8 Å². The van der Waals surface area contributed by atoms with Crippen molar-refractivity contribution in [3.63, 3.8) is 0 Å². The average molecular weight is 283 g/mol. The van der Waals surface area contributed by atoms with Gasteiger partial charge >= 0.3 is 0 Å². The molecule has 0 fully saturated rings. The number of carbonyl (C=O) groups excluding carboxylic acids is 1. The van der Waals surface area contributed by atoms with Crippen LogP contribution in [0.2, 0.25) is 5.02 Å². The zero-order valence-electron chi connectivity index (χ0n) is 11.2. The van der Waals surface area contributed by atoms with Crippen molar-refractivity contribution in [3.8, 4) is 5.75 Å². The van der Waals surface area contributed by atoms with Crippen molar-refractivity contribution in [1.29, 1.82) is 0 Å². The molecule has 1 atom stereocenters. The Kier molecular flexibility index (Phi) is 4.02. The molecule has 0 aromatic heterocycles. The van der Waals surface area contributed by atoms with Crippen LogP contribution < -0.4 is 15.8 Å². The number of rotatable bonds is 3. The largest absolute Gasteiger partial charge is 0.492 e. The molecule has 1 amide bonds. The van der Waals surface area contributed by atoms with E-state index in [1.807, 2.05) is 26.0 Å². The molecule has 0 radical (unpaired) electrons. The highest BCUT2D eigenvalue weighted by molar-refractivity contribution is 6.30. The van der Waals surface area contributed by atoms with E-state index in [2.05, 4.69) is 5.32 Å². The van der Waals surface area contributed by atoms with Crippen molar-refractivity contribution >= 4 is 17.5 Å². The molecule has 1 unspecified atom stereocenters. The Morgan fingerprint density at radius 1 is 1.58 bits per heavy atom. The van der Waals surface area contributed by atoms with Crippen molar-refractivity contribution < 1.29 is 9.53 Å². The Morgan fingerprint density at radius 2 is 2.32 bits per heavy atom. The van der Waals surface area contributed by atoms with Gasteiger partial charge in [-0.25, -0.2) is 0 Å². The third kappa shape index (κ3) is 3.85. The van der Waals surface area contributed by atoms with Crippen molar-refractivity contribution in [3.05, 3.63) is 28.8 Å². The van der Waals surface area contributed by atoms with Crippen LogP contribution in [0.25, 0.3) is 0 Å². The molecule has 4 nitrogen and oxygen atoms in total. The molecule has 104 valence electrons. The zero-order chi connectivity index (χ0) is 14.0. The fraction of sp³-hybridized carbons (Fsp3) is 0.500. The van der Waals surface area contributed by atoms with Crippen molar-refractivity contribution in [2.45, 2.75) is 25.8 Å². The number of benzene rings is 1. The van der Waals surface area contributed by atoms with Crippen LogP contribution >= 0.6 is 11.6 Å². The number of halogens is 1. The molecule has 0 spiro atoms. The van der Waals surface area contributed by atoms with E-state index in [1.165, 1.54) is 0 Å². The van der Waals surface area contributed by atoms with E-state index in [0.717, 1.165) is 11.3 Å². The number of amides is 1. The van der Waals surface area contributed by atoms with Crippen LogP contribution in [0.15, 0.2) is 18.2 Å². The number of hydrogen-bond acceptors (Lipinski definition) is 3. The number of nitrogens with two attached hydrogens (primary N) is 1. The van der Waals surface area contributed by atoms with E-state index in [-0.39, 0.29) is 11.8 Å². The molecule has 0 bridgehead atoms. The summed E-state index contributed by atoms with van der Waals surface area (Å²) in [5, 5.41) is 3.52. The third-order valence-corrected chi connectivity index (χ3v) is 3.25. The third-order valence-electron chi connectivity index (χ3n) is 3.02. The lowest BCUT2D eigenvalue weighted by Gasteiger charge is -2.26. The van der Waals surface area contributed by atoms with Crippen molar-refractivity contribution in [2.24, 2.45) is 11.7 Å². The molecule has 0 saturated heterocycles. The molecule has 1 aliphatic heterocycles. The van der Waals surface area contributed by atoms with Crippen LogP contribution in [0.1, 0.15) is 19.4 Å². The first kappa shape index (κ1) is 14.2. The normalized spacial score (nSPS) is 18.4. The highest BCUT2D eigenvalue weighted by Gasteiger charge is 2.26. The summed E-state index contributed by atoms with van der Waals surface area (Å²) < 4.78 is 5.59. The smallest absolute Gasteiger partial charge is 0.226 e. The Labute approximate surface area is 118 Å². The molecule has 1 heterocycles. The lowest BCUT2D eigenvalue weighted by molar-refractivity contribution is -0.126. The summed E-state index contributed by atoms with van der Waals surface area (Å²) in [7, 11) is 0. The Balaban J connectivity index is 1.99. The summed E-state index contributed by atoms with van der Waals surface area (Å²) in [5.74, 6) is 0.602. The minimum atomic E-state index is -0.410. The molecule has 5 heteroatoms.